The molecule has 1 aromatic carbocycles. The first kappa shape index (κ1) is 5.93. The first-order chi connectivity index (χ1) is 7.33. The SMILES string of the molecule is [2H]C([2H])([2H])Oc1ccc(CO)cc1[N+](=O)[O-]. The highest BCUT2D eigenvalue weighted by Crippen LogP contribution is 2.27. The van der Waals surface area contributed by atoms with E-state index in [1.165, 1.54) is 6.07 Å². The van der Waals surface area contributed by atoms with Crippen LogP contribution in [0.5, 0.6) is 5.75 Å². The lowest BCUT2D eigenvalue weighted by Gasteiger charge is -2.02. The van der Waals surface area contributed by atoms with E-state index in [4.69, 9.17) is 9.22 Å². The predicted molar refractivity (Wildman–Crippen MR) is 45.6 cm³/mol. The van der Waals surface area contributed by atoms with E-state index in [0.29, 0.717) is 5.56 Å². The number of rotatable bonds is 3. The van der Waals surface area contributed by atoms with Crippen molar-refractivity contribution in [3.05, 3.63) is 33.9 Å². The Labute approximate surface area is 78.9 Å². The molecule has 13 heavy (non-hydrogen) atoms. The van der Waals surface area contributed by atoms with E-state index < -0.39 is 17.6 Å². The molecule has 0 atom stereocenters. The van der Waals surface area contributed by atoms with Crippen molar-refractivity contribution in [2.75, 3.05) is 7.04 Å². The van der Waals surface area contributed by atoms with E-state index in [1.54, 1.807) is 0 Å². The first-order valence-corrected chi connectivity index (χ1v) is 3.40. The van der Waals surface area contributed by atoms with Gasteiger partial charge >= 0.3 is 5.69 Å². The van der Waals surface area contributed by atoms with E-state index in [9.17, 15) is 10.1 Å². The Morgan fingerprint density at radius 1 is 1.77 bits per heavy atom. The second-order valence-corrected chi connectivity index (χ2v) is 2.32. The monoisotopic (exact) mass is 186 g/mol. The minimum atomic E-state index is -2.74. The molecule has 5 heteroatoms. The summed E-state index contributed by atoms with van der Waals surface area (Å²) >= 11 is 0. The van der Waals surface area contributed by atoms with Crippen LogP contribution in [0.2, 0.25) is 0 Å². The first-order valence-electron chi connectivity index (χ1n) is 4.90. The quantitative estimate of drug-likeness (QED) is 0.566. The highest BCUT2D eigenvalue weighted by Gasteiger charge is 2.14. The third-order valence-electron chi connectivity index (χ3n) is 1.51. The predicted octanol–water partition coefficient (Wildman–Crippen LogP) is 1.10. The summed E-state index contributed by atoms with van der Waals surface area (Å²) in [5.41, 5.74) is -0.174. The number of nitro groups is 1. The fourth-order valence-corrected chi connectivity index (χ4v) is 0.890. The summed E-state index contributed by atoms with van der Waals surface area (Å²) in [6.45, 7) is -0.366. The van der Waals surface area contributed by atoms with Crippen molar-refractivity contribution in [1.29, 1.82) is 0 Å². The molecular formula is C8H9NO4. The molecule has 0 saturated carbocycles. The number of ether oxygens (including phenoxy) is 1. The van der Waals surface area contributed by atoms with E-state index in [0.717, 1.165) is 12.1 Å². The second kappa shape index (κ2) is 3.86. The summed E-state index contributed by atoms with van der Waals surface area (Å²) in [4.78, 5) is 9.87. The van der Waals surface area contributed by atoms with Gasteiger partial charge in [-0.1, -0.05) is 6.07 Å². The molecule has 0 amide bonds. The molecule has 1 aromatic rings. The van der Waals surface area contributed by atoms with Gasteiger partial charge in [0, 0.05) is 6.07 Å². The van der Waals surface area contributed by atoms with Gasteiger partial charge in [-0.2, -0.15) is 0 Å². The number of aliphatic hydroxyl groups excluding tert-OH is 1. The minimum Gasteiger partial charge on any atom is -0.490 e. The Morgan fingerprint density at radius 3 is 3.08 bits per heavy atom. The highest BCUT2D eigenvalue weighted by molar-refractivity contribution is 5.48. The number of benzene rings is 1. The minimum absolute atomic E-state index is 0.310. The number of methoxy groups -OCH3 is 1. The normalized spacial score (nSPS) is 14.1. The summed E-state index contributed by atoms with van der Waals surface area (Å²) in [6, 6.07) is 3.57. The fraction of sp³-hybridized carbons (Fsp3) is 0.250. The van der Waals surface area contributed by atoms with Gasteiger partial charge in [-0.05, 0) is 11.6 Å². The Kier molecular flexibility index (Phi) is 1.76. The molecule has 0 aromatic heterocycles. The van der Waals surface area contributed by atoms with Crippen LogP contribution in [0.3, 0.4) is 0 Å². The molecule has 0 bridgehead atoms. The number of hydrogen-bond donors (Lipinski definition) is 1. The molecule has 0 fully saturated rings. The van der Waals surface area contributed by atoms with Crippen LogP contribution in [0.1, 0.15) is 9.68 Å². The lowest BCUT2D eigenvalue weighted by molar-refractivity contribution is -0.385. The number of hydrogen-bond acceptors (Lipinski definition) is 4. The van der Waals surface area contributed by atoms with Crippen LogP contribution in [0.4, 0.5) is 5.69 Å². The molecule has 0 heterocycles. The fourth-order valence-electron chi connectivity index (χ4n) is 0.890. The van der Waals surface area contributed by atoms with Gasteiger partial charge in [-0.3, -0.25) is 10.1 Å². The zero-order valence-electron chi connectivity index (χ0n) is 9.56. The van der Waals surface area contributed by atoms with Gasteiger partial charge in [0.1, 0.15) is 0 Å². The maximum Gasteiger partial charge on any atom is 0.311 e. The number of nitrogens with zero attached hydrogens (tertiary/aromatic N) is 1. The van der Waals surface area contributed by atoms with Crippen molar-refractivity contribution in [2.24, 2.45) is 0 Å². The van der Waals surface area contributed by atoms with Crippen LogP contribution in [0.25, 0.3) is 0 Å². The molecule has 70 valence electrons. The van der Waals surface area contributed by atoms with Gasteiger partial charge < -0.3 is 9.84 Å². The zero-order valence-corrected chi connectivity index (χ0v) is 6.56. The highest BCUT2D eigenvalue weighted by atomic mass is 16.6. The molecule has 0 saturated heterocycles. The van der Waals surface area contributed by atoms with Crippen molar-refractivity contribution in [1.82, 2.24) is 0 Å². The van der Waals surface area contributed by atoms with Crippen molar-refractivity contribution in [3.8, 4) is 5.75 Å². The van der Waals surface area contributed by atoms with Gasteiger partial charge in [0.15, 0.2) is 5.75 Å². The Bertz CT molecular complexity index is 405. The molecule has 0 aliphatic heterocycles. The van der Waals surface area contributed by atoms with E-state index in [-0.39, 0.29) is 12.4 Å². The average molecular weight is 186 g/mol. The van der Waals surface area contributed by atoms with Crippen LogP contribution in [-0.4, -0.2) is 17.1 Å². The zero-order chi connectivity index (χ0) is 12.3. The summed E-state index contributed by atoms with van der Waals surface area (Å²) in [5, 5.41) is 19.4. The smallest absolute Gasteiger partial charge is 0.311 e. The van der Waals surface area contributed by atoms with Gasteiger partial charge in [0.05, 0.1) is 22.7 Å². The molecule has 0 unspecified atom stereocenters. The van der Waals surface area contributed by atoms with E-state index >= 15 is 0 Å². The summed E-state index contributed by atoms with van der Waals surface area (Å²) < 4.78 is 25.0. The third kappa shape index (κ3) is 1.94. The van der Waals surface area contributed by atoms with Crippen molar-refractivity contribution >= 4 is 5.69 Å². The maximum atomic E-state index is 10.6. The Morgan fingerprint density at radius 2 is 2.54 bits per heavy atom. The van der Waals surface area contributed by atoms with Gasteiger partial charge in [0.25, 0.3) is 0 Å². The van der Waals surface area contributed by atoms with Crippen molar-refractivity contribution < 1.29 is 18.9 Å². The van der Waals surface area contributed by atoms with Crippen LogP contribution >= 0.6 is 0 Å². The maximum absolute atomic E-state index is 10.6. The molecular weight excluding hydrogens is 174 g/mol. The Hall–Kier alpha value is -1.62. The summed E-state index contributed by atoms with van der Waals surface area (Å²) in [7, 11) is -2.74. The summed E-state index contributed by atoms with van der Waals surface area (Å²) in [5.74, 6) is -0.345. The van der Waals surface area contributed by atoms with Crippen LogP contribution in [0.15, 0.2) is 18.2 Å². The molecule has 0 aliphatic rings. The largest absolute Gasteiger partial charge is 0.490 e. The number of aliphatic hydroxyl groups is 1. The van der Waals surface area contributed by atoms with Gasteiger partial charge in [-0.15, -0.1) is 0 Å². The number of nitro benzene ring substituents is 1. The molecule has 1 rings (SSSR count). The van der Waals surface area contributed by atoms with Crippen LogP contribution in [-0.2, 0) is 6.61 Å². The summed E-state index contributed by atoms with van der Waals surface area (Å²) in [6.07, 6.45) is 0. The standard InChI is InChI=1S/C8H9NO4/c1-13-8-3-2-6(5-10)4-7(8)9(11)12/h2-4,10H,5H2,1H3/i1D3. The molecule has 0 spiro atoms. The lowest BCUT2D eigenvalue weighted by atomic mass is 10.2. The second-order valence-electron chi connectivity index (χ2n) is 2.32. The average Bonchev–Trinajstić information content (AvgIpc) is 2.15. The van der Waals surface area contributed by atoms with Crippen LogP contribution in [0, 0.1) is 10.1 Å². The van der Waals surface area contributed by atoms with Crippen molar-refractivity contribution in [2.45, 2.75) is 6.61 Å². The van der Waals surface area contributed by atoms with Crippen LogP contribution < -0.4 is 4.74 Å². The molecule has 1 N–H and O–H groups in total. The molecule has 5 nitrogen and oxygen atoms in total. The lowest BCUT2D eigenvalue weighted by Crippen LogP contribution is -1.95. The third-order valence-corrected chi connectivity index (χ3v) is 1.51. The van der Waals surface area contributed by atoms with E-state index in [1.807, 2.05) is 0 Å². The van der Waals surface area contributed by atoms with Gasteiger partial charge in [-0.25, -0.2) is 0 Å². The topological polar surface area (TPSA) is 72.6 Å². The molecule has 0 radical (unpaired) electrons. The van der Waals surface area contributed by atoms with E-state index in [2.05, 4.69) is 4.74 Å². The Balaban J connectivity index is 3.13. The molecule has 0 aliphatic carbocycles. The van der Waals surface area contributed by atoms with Crippen molar-refractivity contribution in [3.63, 3.8) is 0 Å². The van der Waals surface area contributed by atoms with Gasteiger partial charge in [0.2, 0.25) is 0 Å².